The summed E-state index contributed by atoms with van der Waals surface area (Å²) in [4.78, 5) is 10.7. The van der Waals surface area contributed by atoms with Crippen molar-refractivity contribution in [3.05, 3.63) is 53.6 Å². The second-order valence-corrected chi connectivity index (χ2v) is 4.17. The van der Waals surface area contributed by atoms with Crippen molar-refractivity contribution >= 4 is 5.97 Å². The molecular weight excluding hydrogens is 311 g/mol. The summed E-state index contributed by atoms with van der Waals surface area (Å²) < 4.78 is 67.1. The lowest BCUT2D eigenvalue weighted by atomic mass is 10.0. The average Bonchev–Trinajstić information content (AvgIpc) is 2.41. The maximum atomic E-state index is 13.8. The van der Waals surface area contributed by atoms with E-state index in [9.17, 15) is 26.7 Å². The fourth-order valence-corrected chi connectivity index (χ4v) is 1.77. The zero-order valence-electron chi connectivity index (χ0n) is 10.6. The summed E-state index contributed by atoms with van der Waals surface area (Å²) in [7, 11) is 0. The minimum atomic E-state index is -4.86. The normalized spacial score (nSPS) is 11.3. The third-order valence-corrected chi connectivity index (χ3v) is 2.71. The van der Waals surface area contributed by atoms with Crippen LogP contribution < -0.4 is 4.74 Å². The Morgan fingerprint density at radius 1 is 0.955 bits per heavy atom. The molecule has 22 heavy (non-hydrogen) atoms. The fourth-order valence-electron chi connectivity index (χ4n) is 1.77. The lowest BCUT2D eigenvalue weighted by molar-refractivity contribution is -0.274. The zero-order chi connectivity index (χ0) is 16.5. The second kappa shape index (κ2) is 5.63. The van der Waals surface area contributed by atoms with Crippen LogP contribution in [0.3, 0.4) is 0 Å². The monoisotopic (exact) mass is 318 g/mol. The Labute approximate surface area is 120 Å². The van der Waals surface area contributed by atoms with E-state index in [-0.39, 0.29) is 11.1 Å². The molecule has 2 aromatic carbocycles. The van der Waals surface area contributed by atoms with E-state index in [4.69, 9.17) is 5.11 Å². The van der Waals surface area contributed by atoms with Crippen LogP contribution in [-0.4, -0.2) is 17.4 Å². The van der Waals surface area contributed by atoms with Crippen molar-refractivity contribution in [1.29, 1.82) is 0 Å². The molecule has 2 rings (SSSR count). The van der Waals surface area contributed by atoms with Gasteiger partial charge in [-0.25, -0.2) is 13.6 Å². The molecule has 0 radical (unpaired) electrons. The first-order valence-electron chi connectivity index (χ1n) is 5.76. The number of carboxylic acid groups (broad SMARTS) is 1. The first-order chi connectivity index (χ1) is 10.2. The van der Waals surface area contributed by atoms with E-state index in [1.165, 1.54) is 0 Å². The number of rotatable bonds is 3. The van der Waals surface area contributed by atoms with Crippen molar-refractivity contribution in [3.63, 3.8) is 0 Å². The largest absolute Gasteiger partial charge is 0.573 e. The summed E-state index contributed by atoms with van der Waals surface area (Å²) >= 11 is 0. The molecule has 2 aromatic rings. The molecule has 0 amide bonds. The van der Waals surface area contributed by atoms with Gasteiger partial charge in [-0.15, -0.1) is 13.2 Å². The van der Waals surface area contributed by atoms with Crippen LogP contribution in [0.5, 0.6) is 5.75 Å². The minimum absolute atomic E-state index is 0.0721. The standard InChI is InChI=1S/C14H7F5O3/c15-11-9(5-6-10(12(11)16)13(20)21)7-1-3-8(4-2-7)22-14(17,18)19/h1-6H,(H,20,21). The summed E-state index contributed by atoms with van der Waals surface area (Å²) in [5, 5.41) is 8.67. The van der Waals surface area contributed by atoms with Crippen LogP contribution in [0.25, 0.3) is 11.1 Å². The van der Waals surface area contributed by atoms with Gasteiger partial charge in [-0.1, -0.05) is 18.2 Å². The lowest BCUT2D eigenvalue weighted by Crippen LogP contribution is -2.16. The first kappa shape index (κ1) is 15.7. The predicted octanol–water partition coefficient (Wildman–Crippen LogP) is 4.23. The number of hydrogen-bond donors (Lipinski definition) is 1. The maximum Gasteiger partial charge on any atom is 0.573 e. The molecule has 0 aliphatic heterocycles. The molecule has 0 saturated carbocycles. The van der Waals surface area contributed by atoms with Gasteiger partial charge in [0.05, 0.1) is 5.56 Å². The van der Waals surface area contributed by atoms with E-state index in [0.717, 1.165) is 36.4 Å². The fraction of sp³-hybridized carbons (Fsp3) is 0.0714. The summed E-state index contributed by atoms with van der Waals surface area (Å²) in [5.41, 5.74) is -1.04. The average molecular weight is 318 g/mol. The quantitative estimate of drug-likeness (QED) is 0.862. The summed E-state index contributed by atoms with van der Waals surface area (Å²) in [6.45, 7) is 0. The van der Waals surface area contributed by atoms with Crippen molar-refractivity contribution in [2.24, 2.45) is 0 Å². The van der Waals surface area contributed by atoms with E-state index >= 15 is 0 Å². The molecule has 8 heteroatoms. The van der Waals surface area contributed by atoms with Gasteiger partial charge in [0.15, 0.2) is 11.6 Å². The molecule has 0 atom stereocenters. The Kier molecular flexibility index (Phi) is 4.03. The molecule has 0 fully saturated rings. The number of carboxylic acids is 1. The van der Waals surface area contributed by atoms with Gasteiger partial charge >= 0.3 is 12.3 Å². The van der Waals surface area contributed by atoms with E-state index < -0.39 is 35.3 Å². The Balaban J connectivity index is 2.37. The van der Waals surface area contributed by atoms with E-state index in [0.29, 0.717) is 0 Å². The van der Waals surface area contributed by atoms with Crippen LogP contribution in [0.1, 0.15) is 10.4 Å². The van der Waals surface area contributed by atoms with Gasteiger partial charge in [-0.3, -0.25) is 0 Å². The highest BCUT2D eigenvalue weighted by molar-refractivity contribution is 5.88. The number of aromatic carboxylic acids is 1. The number of alkyl halides is 3. The van der Waals surface area contributed by atoms with E-state index in [1.54, 1.807) is 0 Å². The topological polar surface area (TPSA) is 46.5 Å². The van der Waals surface area contributed by atoms with Crippen molar-refractivity contribution in [3.8, 4) is 16.9 Å². The molecule has 0 spiro atoms. The van der Waals surface area contributed by atoms with Crippen LogP contribution in [0.4, 0.5) is 22.0 Å². The number of benzene rings is 2. The Morgan fingerprint density at radius 2 is 1.55 bits per heavy atom. The van der Waals surface area contributed by atoms with Crippen LogP contribution in [0, 0.1) is 11.6 Å². The minimum Gasteiger partial charge on any atom is -0.478 e. The van der Waals surface area contributed by atoms with Gasteiger partial charge in [0.1, 0.15) is 5.75 Å². The highest BCUT2D eigenvalue weighted by Crippen LogP contribution is 2.29. The van der Waals surface area contributed by atoms with Crippen molar-refractivity contribution in [2.45, 2.75) is 6.36 Å². The van der Waals surface area contributed by atoms with Crippen molar-refractivity contribution in [2.75, 3.05) is 0 Å². The zero-order valence-corrected chi connectivity index (χ0v) is 10.6. The Morgan fingerprint density at radius 3 is 2.05 bits per heavy atom. The van der Waals surface area contributed by atoms with Gasteiger partial charge in [0, 0.05) is 5.56 Å². The molecule has 0 saturated heterocycles. The van der Waals surface area contributed by atoms with Gasteiger partial charge in [-0.05, 0) is 23.8 Å². The third kappa shape index (κ3) is 3.33. The Bertz CT molecular complexity index is 708. The lowest BCUT2D eigenvalue weighted by Gasteiger charge is -2.10. The second-order valence-electron chi connectivity index (χ2n) is 4.17. The Hall–Kier alpha value is -2.64. The molecule has 0 unspecified atom stereocenters. The van der Waals surface area contributed by atoms with Crippen LogP contribution in [-0.2, 0) is 0 Å². The van der Waals surface area contributed by atoms with Crippen LogP contribution >= 0.6 is 0 Å². The molecule has 0 aliphatic rings. The molecule has 0 bridgehead atoms. The third-order valence-electron chi connectivity index (χ3n) is 2.71. The molecule has 0 heterocycles. The van der Waals surface area contributed by atoms with E-state index in [2.05, 4.69) is 4.74 Å². The molecule has 116 valence electrons. The predicted molar refractivity (Wildman–Crippen MR) is 65.4 cm³/mol. The summed E-state index contributed by atoms with van der Waals surface area (Å²) in [5.74, 6) is -5.08. The molecule has 3 nitrogen and oxygen atoms in total. The number of halogens is 5. The molecule has 0 aliphatic carbocycles. The summed E-state index contributed by atoms with van der Waals surface area (Å²) in [6, 6.07) is 5.97. The first-order valence-corrected chi connectivity index (χ1v) is 5.76. The van der Waals surface area contributed by atoms with Gasteiger partial charge in [0.25, 0.3) is 0 Å². The maximum absolute atomic E-state index is 13.8. The molecule has 0 aromatic heterocycles. The summed E-state index contributed by atoms with van der Waals surface area (Å²) in [6.07, 6.45) is -4.86. The van der Waals surface area contributed by atoms with Crippen molar-refractivity contribution < 1.29 is 36.6 Å². The number of ether oxygens (including phenoxy) is 1. The number of carbonyl (C=O) groups is 1. The highest BCUT2D eigenvalue weighted by Gasteiger charge is 2.31. The highest BCUT2D eigenvalue weighted by atomic mass is 19.4. The number of hydrogen-bond acceptors (Lipinski definition) is 2. The van der Waals surface area contributed by atoms with E-state index in [1.807, 2.05) is 0 Å². The SMILES string of the molecule is O=C(O)c1ccc(-c2ccc(OC(F)(F)F)cc2)c(F)c1F. The van der Waals surface area contributed by atoms with Crippen LogP contribution in [0.15, 0.2) is 36.4 Å². The van der Waals surface area contributed by atoms with Gasteiger partial charge in [0.2, 0.25) is 0 Å². The van der Waals surface area contributed by atoms with Gasteiger partial charge in [-0.2, -0.15) is 0 Å². The van der Waals surface area contributed by atoms with Crippen molar-refractivity contribution in [1.82, 2.24) is 0 Å². The van der Waals surface area contributed by atoms with Gasteiger partial charge < -0.3 is 9.84 Å². The molecule has 1 N–H and O–H groups in total. The molecular formula is C14H7F5O3. The van der Waals surface area contributed by atoms with Crippen LogP contribution in [0.2, 0.25) is 0 Å². The smallest absolute Gasteiger partial charge is 0.478 e.